The normalized spacial score (nSPS) is 19.5. The van der Waals surface area contributed by atoms with Crippen LogP contribution >= 0.6 is 0 Å². The molecule has 5 heterocycles. The van der Waals surface area contributed by atoms with Gasteiger partial charge in [-0.25, -0.2) is 47.9 Å². The predicted octanol–water partition coefficient (Wildman–Crippen LogP) is 3.71. The number of hydrogen-bond acceptors (Lipinski definition) is 52. The van der Waals surface area contributed by atoms with Crippen LogP contribution < -0.4 is 4.74 Å². The lowest BCUT2D eigenvalue weighted by atomic mass is 9.91. The third-order valence-corrected chi connectivity index (χ3v) is 21.0. The number of esters is 10. The van der Waals surface area contributed by atoms with Crippen LogP contribution in [-0.2, 0) is 56.8 Å². The van der Waals surface area contributed by atoms with E-state index in [0.29, 0.717) is 42.5 Å². The highest BCUT2D eigenvalue weighted by molar-refractivity contribution is 6.12. The Hall–Kier alpha value is -19.2. The lowest BCUT2D eigenvalue weighted by Crippen LogP contribution is -2.63. The molecule has 2 fully saturated rings. The van der Waals surface area contributed by atoms with Crippen molar-refractivity contribution >= 4 is 59.7 Å². The summed E-state index contributed by atoms with van der Waals surface area (Å²) in [4.78, 5) is 149. The molecule has 5 aliphatic heterocycles. The second kappa shape index (κ2) is 32.9. The Morgan fingerprint density at radius 2 is 0.567 bits per heavy atom. The van der Waals surface area contributed by atoms with Gasteiger partial charge in [-0.05, 0) is 66.7 Å². The van der Waals surface area contributed by atoms with Crippen molar-refractivity contribution in [2.24, 2.45) is 0 Å². The third-order valence-electron chi connectivity index (χ3n) is 21.0. The summed E-state index contributed by atoms with van der Waals surface area (Å²) in [5, 5.41) is 319. The molecule has 0 spiro atoms. The Bertz CT molecular complexity index is 6800. The van der Waals surface area contributed by atoms with Crippen LogP contribution in [0.5, 0.6) is 178 Å². The maximum atomic E-state index is 15.6. The Labute approximate surface area is 735 Å². The van der Waals surface area contributed by atoms with Gasteiger partial charge in [-0.15, -0.1) is 0 Å². The number of cyclic esters (lactones) is 1. The molecular weight excluding hydrogens is 1820 g/mol. The van der Waals surface area contributed by atoms with Crippen LogP contribution in [0.3, 0.4) is 0 Å². The molecule has 5 aliphatic rings. The van der Waals surface area contributed by atoms with Crippen molar-refractivity contribution in [2.75, 3.05) is 13.2 Å². The molecule has 0 saturated carbocycles. The molecule has 10 aromatic carbocycles. The number of phenols is 29. The summed E-state index contributed by atoms with van der Waals surface area (Å²) < 4.78 is 74.5. The fraction of sp³-hybridized carbons (Fsp3) is 0.146. The first kappa shape index (κ1) is 89.6. The monoisotopic (exact) mass is 1870 g/mol. The summed E-state index contributed by atoms with van der Waals surface area (Å²) in [6, 6.07) is 4.08. The molecule has 0 radical (unpaired) electrons. The van der Waals surface area contributed by atoms with Gasteiger partial charge in [0.25, 0.3) is 0 Å². The molecule has 0 bridgehead atoms. The molecular formula is C82H56O52. The summed E-state index contributed by atoms with van der Waals surface area (Å²) in [6.45, 7) is -3.30. The van der Waals surface area contributed by atoms with Crippen LogP contribution in [0.4, 0.5) is 0 Å². The van der Waals surface area contributed by atoms with E-state index in [2.05, 4.69) is 0 Å². The number of ether oxygens (including phenoxy) is 13. The number of phenolic OH excluding ortho intramolecular Hbond substituents is 29. The molecule has 52 nitrogen and oxygen atoms in total. The molecule has 15 rings (SSSR count). The van der Waals surface area contributed by atoms with Gasteiger partial charge in [0.1, 0.15) is 31.0 Å². The zero-order valence-corrected chi connectivity index (χ0v) is 65.6. The molecule has 10 aromatic rings. The summed E-state index contributed by atoms with van der Waals surface area (Å²) >= 11 is 0. The van der Waals surface area contributed by atoms with Gasteiger partial charge in [0.05, 0.1) is 50.1 Å². The highest BCUT2D eigenvalue weighted by Crippen LogP contribution is 2.60. The molecule has 10 atom stereocenters. The van der Waals surface area contributed by atoms with Crippen molar-refractivity contribution in [1.82, 2.24) is 0 Å². The molecule has 0 aromatic heterocycles. The third kappa shape index (κ3) is 15.0. The van der Waals surface area contributed by atoms with Gasteiger partial charge in [0, 0.05) is 45.5 Å². The number of rotatable bonds is 11. The van der Waals surface area contributed by atoms with Crippen LogP contribution in [0, 0.1) is 0 Å². The predicted molar refractivity (Wildman–Crippen MR) is 414 cm³/mol. The fourth-order valence-electron chi connectivity index (χ4n) is 14.5. The molecule has 134 heavy (non-hydrogen) atoms. The first-order valence-electron chi connectivity index (χ1n) is 37.1. The maximum absolute atomic E-state index is 15.6. The van der Waals surface area contributed by atoms with Crippen molar-refractivity contribution in [2.45, 2.75) is 61.4 Å². The van der Waals surface area contributed by atoms with Crippen LogP contribution in [-0.4, -0.2) is 282 Å². The van der Waals surface area contributed by atoms with E-state index in [4.69, 9.17) is 61.6 Å². The standard InChI is InChI=1S/C82H56O52/c83-26-1-16(2-27(84)47(26)95)71(112)122-14-39-66(68-70(81(125-39)133-72(113)17-3-28(85)48(96)29(86)4-17)132-79(120)23-11-36(93)53(101)60(108)44(23)42-21(77(118)130-68)9-34(91)51(99)58(42)106)128-80(121)25-12-37(94)55(103)63(111)64(25)124-38-13-24-46(62(110)56(38)104)45-19(7-32(89)54(102)61(45)109)75(116)127-65-40(15-123-74(24)115)126-82(134-73(114)18-5-30(87)49(97)31(88)6-18)69-67(65)129-76(117)20-8-33(90)50(98)57(105)41(20)43-22(78(119)131-69)10-35(92)52(100)59(43)107/h1-13,39-40,65-70,81-111H,14-15H2/t39-,40+,65+,66-,67+,68+,69+,70+,81+,82-/m0/s1. The number of hydrogen-bond donors (Lipinski definition) is 29. The first-order chi connectivity index (χ1) is 63.1. The van der Waals surface area contributed by atoms with E-state index in [-0.39, 0.29) is 36.4 Å². The van der Waals surface area contributed by atoms with Gasteiger partial charge in [0.2, 0.25) is 70.8 Å². The largest absolute Gasteiger partial charge is 0.504 e. The van der Waals surface area contributed by atoms with E-state index in [1.807, 2.05) is 0 Å². The second-order valence-electron chi connectivity index (χ2n) is 29.0. The Balaban J connectivity index is 0.865. The van der Waals surface area contributed by atoms with Crippen molar-refractivity contribution in [3.63, 3.8) is 0 Å². The molecule has 696 valence electrons. The van der Waals surface area contributed by atoms with E-state index in [1.165, 1.54) is 0 Å². The van der Waals surface area contributed by atoms with Gasteiger partial charge >= 0.3 is 59.7 Å². The molecule has 2 saturated heterocycles. The van der Waals surface area contributed by atoms with Gasteiger partial charge in [-0.2, -0.15) is 0 Å². The van der Waals surface area contributed by atoms with Crippen molar-refractivity contribution in [3.05, 3.63) is 134 Å². The van der Waals surface area contributed by atoms with Crippen molar-refractivity contribution < 1.29 is 258 Å². The number of aromatic hydroxyl groups is 29. The minimum Gasteiger partial charge on any atom is -0.504 e. The van der Waals surface area contributed by atoms with Crippen LogP contribution in [0.1, 0.15) is 104 Å². The zero-order chi connectivity index (χ0) is 97.5. The zero-order valence-electron chi connectivity index (χ0n) is 65.6. The molecule has 29 N–H and O–H groups in total. The van der Waals surface area contributed by atoms with E-state index in [1.54, 1.807) is 0 Å². The van der Waals surface area contributed by atoms with Gasteiger partial charge in [0.15, 0.2) is 157 Å². The minimum atomic E-state index is -3.01. The SMILES string of the molecule is O=C(OC[C@@H]1O[C@H](OC(=O)c2cc(O)c(O)c(O)c2)[C@@H]2OC(=O)c3cc(O)c(O)c(O)c3-c3c(cc(O)c(O)c3O)C(=O)O[C@@H]2[C@H]1OC(=O)c1cc(O)c(O)c(O)c1Oc1cc2c(c(O)c1O)-c1c(cc(O)c(O)c1O)C(=O)O[C@H]1[C@H]3OC(=O)c4cc(O)c(O)c(O)c4-c4c(cc(O)c(O)c4O)C(=O)O[C@H]3[C@H](OC(=O)c3cc(O)c(O)c(O)c3)O[C@@H]1COC2=O)c1cc(O)c(O)c(O)c1. The van der Waals surface area contributed by atoms with Gasteiger partial charge < -0.3 is 210 Å². The summed E-state index contributed by atoms with van der Waals surface area (Å²) in [7, 11) is 0. The number of fused-ring (bicyclic) bond motifs is 13. The highest BCUT2D eigenvalue weighted by atomic mass is 16.8. The average molecular weight is 1870 g/mol. The number of carbonyl (C=O) groups is 10. The van der Waals surface area contributed by atoms with Gasteiger partial charge in [-0.1, -0.05) is 0 Å². The highest BCUT2D eigenvalue weighted by Gasteiger charge is 2.59. The lowest BCUT2D eigenvalue weighted by molar-refractivity contribution is -0.283. The number of carbonyl (C=O) groups excluding carboxylic acids is 10. The second-order valence-corrected chi connectivity index (χ2v) is 29.0. The van der Waals surface area contributed by atoms with Crippen LogP contribution in [0.2, 0.25) is 0 Å². The summed E-state index contributed by atoms with van der Waals surface area (Å²) in [6.07, 6.45) is -28.4. The smallest absolute Gasteiger partial charge is 0.342 e. The Kier molecular flexibility index (Phi) is 22.0. The first-order valence-corrected chi connectivity index (χ1v) is 37.1. The molecule has 0 amide bonds. The topological polar surface area (TPSA) is 877 Å². The fourth-order valence-corrected chi connectivity index (χ4v) is 14.5. The van der Waals surface area contributed by atoms with E-state index < -0.39 is 402 Å². The summed E-state index contributed by atoms with van der Waals surface area (Å²) in [5.74, 6) is -67.4. The van der Waals surface area contributed by atoms with E-state index in [9.17, 15) is 167 Å². The Morgan fingerprint density at radius 3 is 0.940 bits per heavy atom. The van der Waals surface area contributed by atoms with Crippen molar-refractivity contribution in [3.8, 4) is 212 Å². The van der Waals surface area contributed by atoms with Crippen LogP contribution in [0.15, 0.2) is 78.9 Å². The molecule has 0 aliphatic carbocycles. The Morgan fingerprint density at radius 1 is 0.276 bits per heavy atom. The lowest BCUT2D eigenvalue weighted by Gasteiger charge is -2.44. The maximum Gasteiger partial charge on any atom is 0.342 e. The average Bonchev–Trinajstić information content (AvgIpc) is 0.942. The minimum absolute atomic E-state index is 0.0765. The summed E-state index contributed by atoms with van der Waals surface area (Å²) in [5.41, 5.74) is -20.8. The molecule has 52 heteroatoms. The van der Waals surface area contributed by atoms with Crippen LogP contribution in [0.25, 0.3) is 33.4 Å². The van der Waals surface area contributed by atoms with E-state index >= 15 is 28.8 Å². The quantitative estimate of drug-likeness (QED) is 0.0498. The van der Waals surface area contributed by atoms with Gasteiger partial charge in [-0.3, -0.25) is 0 Å². The molecule has 0 unspecified atom stereocenters. The van der Waals surface area contributed by atoms with Crippen molar-refractivity contribution in [1.29, 1.82) is 0 Å². The van der Waals surface area contributed by atoms with E-state index in [0.717, 1.165) is 0 Å². The number of benzene rings is 10.